The largest absolute Gasteiger partial charge is 0.457 e. The molecule has 0 aromatic heterocycles. The third-order valence-corrected chi connectivity index (χ3v) is 14.3. The van der Waals surface area contributed by atoms with Gasteiger partial charge in [0.25, 0.3) is 0 Å². The lowest BCUT2D eigenvalue weighted by Gasteiger charge is -2.59. The van der Waals surface area contributed by atoms with Gasteiger partial charge in [-0.1, -0.05) is 34.6 Å². The number of Topliss-reactive ketones (excluding diaryl/α,β-unsaturated/α-hetero) is 1. The van der Waals surface area contributed by atoms with Crippen LogP contribution in [0.5, 0.6) is 0 Å². The van der Waals surface area contributed by atoms with Crippen LogP contribution in [0, 0.1) is 45.3 Å². The van der Waals surface area contributed by atoms with Gasteiger partial charge in [-0.3, -0.25) is 9.59 Å². The second-order valence-corrected chi connectivity index (χ2v) is 17.2. The van der Waals surface area contributed by atoms with Gasteiger partial charge in [0.05, 0.1) is 30.5 Å². The molecule has 7 rings (SSSR count). The van der Waals surface area contributed by atoms with Crippen LogP contribution in [0.25, 0.3) is 0 Å². The summed E-state index contributed by atoms with van der Waals surface area (Å²) in [6.45, 7) is 15.8. The zero-order valence-corrected chi connectivity index (χ0v) is 29.4. The maximum absolute atomic E-state index is 14.5. The van der Waals surface area contributed by atoms with Crippen molar-refractivity contribution in [2.24, 2.45) is 45.3 Å². The number of ether oxygens (including phenoxy) is 4. The number of ketones is 1. The van der Waals surface area contributed by atoms with E-state index in [9.17, 15) is 24.9 Å². The van der Waals surface area contributed by atoms with Crippen LogP contribution in [0.15, 0.2) is 0 Å². The van der Waals surface area contributed by atoms with Gasteiger partial charge < -0.3 is 34.3 Å². The molecule has 14 atom stereocenters. The molecular weight excluding hydrogens is 588 g/mol. The number of esters is 1. The number of carbonyl (C=O) groups excluding carboxylic acids is 2. The van der Waals surface area contributed by atoms with Crippen molar-refractivity contribution in [2.75, 3.05) is 6.61 Å². The van der Waals surface area contributed by atoms with Gasteiger partial charge in [0.2, 0.25) is 0 Å². The molecule has 2 heterocycles. The van der Waals surface area contributed by atoms with E-state index in [1.165, 1.54) is 13.3 Å². The number of aliphatic hydroxyl groups excluding tert-OH is 2. The first-order valence-corrected chi connectivity index (χ1v) is 18.3. The van der Waals surface area contributed by atoms with Gasteiger partial charge >= 0.3 is 5.97 Å². The minimum absolute atomic E-state index is 0.0136. The molecule has 0 bridgehead atoms. The highest BCUT2D eigenvalue weighted by Gasteiger charge is 2.82. The van der Waals surface area contributed by atoms with Crippen LogP contribution in [-0.2, 0) is 28.5 Å². The Kier molecular flexibility index (Phi) is 8.88. The lowest BCUT2D eigenvalue weighted by Crippen LogP contribution is -2.56. The predicted octanol–water partition coefficient (Wildman–Crippen LogP) is 4.95. The summed E-state index contributed by atoms with van der Waals surface area (Å²) in [7, 11) is 0. The smallest absolute Gasteiger partial charge is 0.303 e. The SMILES string of the molecule is CC.CC(=O)O[C@@H](C1CC[C@H]2C(O1)C(=O)C1C3CCC4C(C)(C)[C@@H](OC5C[C@@H](O)[C@H](O)CO5)CC[C@@]45C[C@@]35CCC12C)C(C)(C)O. The van der Waals surface area contributed by atoms with Gasteiger partial charge in [-0.15, -0.1) is 0 Å². The molecule has 0 amide bonds. The highest BCUT2D eigenvalue weighted by molar-refractivity contribution is 5.90. The Balaban J connectivity index is 0.00000182. The number of fused-ring (bicyclic) bond motifs is 4. The Hall–Kier alpha value is -1.10. The zero-order chi connectivity index (χ0) is 33.6. The monoisotopic (exact) mass is 648 g/mol. The summed E-state index contributed by atoms with van der Waals surface area (Å²) in [4.78, 5) is 26.4. The van der Waals surface area contributed by atoms with E-state index in [0.717, 1.165) is 44.9 Å². The molecule has 5 aliphatic carbocycles. The summed E-state index contributed by atoms with van der Waals surface area (Å²) in [6.07, 6.45) is 5.40. The van der Waals surface area contributed by atoms with Crippen molar-refractivity contribution in [3.05, 3.63) is 0 Å². The number of aliphatic hydroxyl groups is 3. The Morgan fingerprint density at radius 2 is 1.65 bits per heavy atom. The Labute approximate surface area is 275 Å². The van der Waals surface area contributed by atoms with E-state index >= 15 is 0 Å². The second-order valence-electron chi connectivity index (χ2n) is 17.2. The molecule has 7 unspecified atom stereocenters. The van der Waals surface area contributed by atoms with E-state index in [1.54, 1.807) is 13.8 Å². The van der Waals surface area contributed by atoms with Crippen LogP contribution in [0.4, 0.5) is 0 Å². The van der Waals surface area contributed by atoms with Gasteiger partial charge in [-0.25, -0.2) is 0 Å². The molecule has 3 N–H and O–H groups in total. The van der Waals surface area contributed by atoms with E-state index in [4.69, 9.17) is 18.9 Å². The van der Waals surface area contributed by atoms with Gasteiger partial charge in [-0.2, -0.15) is 0 Å². The first kappa shape index (κ1) is 34.8. The van der Waals surface area contributed by atoms with Gasteiger partial charge in [-0.05, 0) is 111 Å². The fraction of sp³-hybridized carbons (Fsp3) is 0.946. The first-order chi connectivity index (χ1) is 21.5. The summed E-state index contributed by atoms with van der Waals surface area (Å²) >= 11 is 0. The predicted molar refractivity (Wildman–Crippen MR) is 170 cm³/mol. The second kappa shape index (κ2) is 11.8. The number of hydrogen-bond acceptors (Lipinski definition) is 9. The molecule has 9 nitrogen and oxygen atoms in total. The molecule has 2 aliphatic heterocycles. The summed E-state index contributed by atoms with van der Waals surface area (Å²) < 4.78 is 24.5. The summed E-state index contributed by atoms with van der Waals surface area (Å²) in [6, 6.07) is 0. The van der Waals surface area contributed by atoms with E-state index in [0.29, 0.717) is 24.7 Å². The minimum Gasteiger partial charge on any atom is -0.457 e. The molecule has 0 aromatic rings. The van der Waals surface area contributed by atoms with Crippen molar-refractivity contribution < 1.29 is 43.9 Å². The molecule has 262 valence electrons. The van der Waals surface area contributed by atoms with Crippen molar-refractivity contribution >= 4 is 11.8 Å². The lowest BCUT2D eigenvalue weighted by atomic mass is 9.46. The summed E-state index contributed by atoms with van der Waals surface area (Å²) in [5, 5.41) is 30.9. The van der Waals surface area contributed by atoms with Crippen LogP contribution < -0.4 is 0 Å². The third-order valence-electron chi connectivity index (χ3n) is 14.3. The summed E-state index contributed by atoms with van der Waals surface area (Å²) in [5.41, 5.74) is -0.999. The maximum Gasteiger partial charge on any atom is 0.303 e. The fourth-order valence-electron chi connectivity index (χ4n) is 12.3. The molecule has 9 heteroatoms. The molecule has 7 fully saturated rings. The molecule has 46 heavy (non-hydrogen) atoms. The highest BCUT2D eigenvalue weighted by atomic mass is 16.7. The van der Waals surface area contributed by atoms with Crippen molar-refractivity contribution in [1.29, 1.82) is 0 Å². The van der Waals surface area contributed by atoms with Gasteiger partial charge in [0.1, 0.15) is 12.2 Å². The standard InChI is InChI=1S/C35H54O9.C2H6/c1-18(36)42-30(32(4,5)40)23-9-7-20-29(43-23)28(39)27-19-8-10-24-31(2,3)25(44-26-15-21(37)22(38)16-41-26)11-12-35(24)17-34(19,35)14-13-33(20,27)6;1-2/h19-27,29-30,37-38,40H,7-17H2,1-6H3;1-2H3/t19?,20-,21+,22+,23?,24?,25-,26?,27?,29?,30-,33?,34-,35+;/m0./s1. The van der Waals surface area contributed by atoms with E-state index in [1.807, 2.05) is 13.8 Å². The molecule has 5 saturated carbocycles. The number of hydrogen-bond donors (Lipinski definition) is 3. The lowest BCUT2D eigenvalue weighted by molar-refractivity contribution is -0.263. The van der Waals surface area contributed by atoms with E-state index in [-0.39, 0.29) is 52.0 Å². The highest BCUT2D eigenvalue weighted by Crippen LogP contribution is 2.87. The minimum atomic E-state index is -1.27. The average Bonchev–Trinajstić information content (AvgIpc) is 3.61. The molecule has 0 aromatic carbocycles. The molecule has 2 saturated heterocycles. The topological polar surface area (TPSA) is 132 Å². The van der Waals surface area contributed by atoms with Crippen LogP contribution in [-0.4, -0.2) is 82.2 Å². The van der Waals surface area contributed by atoms with Crippen LogP contribution in [0.3, 0.4) is 0 Å². The Morgan fingerprint density at radius 3 is 2.30 bits per heavy atom. The maximum atomic E-state index is 14.5. The molecule has 0 radical (unpaired) electrons. The summed E-state index contributed by atoms with van der Waals surface area (Å²) in [5.74, 6) is 0.804. The third kappa shape index (κ3) is 5.07. The van der Waals surface area contributed by atoms with E-state index < -0.39 is 48.4 Å². The number of rotatable bonds is 5. The van der Waals surface area contributed by atoms with E-state index in [2.05, 4.69) is 20.8 Å². The van der Waals surface area contributed by atoms with Crippen LogP contribution in [0.1, 0.15) is 120 Å². The quantitative estimate of drug-likeness (QED) is 0.280. The molecule has 7 aliphatic rings. The average molecular weight is 649 g/mol. The van der Waals surface area contributed by atoms with Gasteiger partial charge in [0.15, 0.2) is 18.2 Å². The van der Waals surface area contributed by atoms with Crippen LogP contribution in [0.2, 0.25) is 0 Å². The Morgan fingerprint density at radius 1 is 0.957 bits per heavy atom. The fourth-order valence-corrected chi connectivity index (χ4v) is 12.3. The van der Waals surface area contributed by atoms with Crippen molar-refractivity contribution in [3.8, 4) is 0 Å². The zero-order valence-electron chi connectivity index (χ0n) is 29.4. The first-order valence-electron chi connectivity index (χ1n) is 18.3. The van der Waals surface area contributed by atoms with Gasteiger partial charge in [0, 0.05) is 19.3 Å². The molecular formula is C37H60O9. The van der Waals surface area contributed by atoms with Crippen molar-refractivity contribution in [3.63, 3.8) is 0 Å². The number of carbonyl (C=O) groups is 2. The molecule has 2 spiro atoms. The Bertz CT molecular complexity index is 1180. The van der Waals surface area contributed by atoms with Crippen molar-refractivity contribution in [1.82, 2.24) is 0 Å². The normalized spacial score (nSPS) is 49.5. The van der Waals surface area contributed by atoms with Crippen molar-refractivity contribution in [2.45, 2.75) is 168 Å². The van der Waals surface area contributed by atoms with Crippen LogP contribution >= 0.6 is 0 Å².